The largest absolute Gasteiger partial charge is 0.457 e. The van der Waals surface area contributed by atoms with Gasteiger partial charge >= 0.3 is 6.18 Å². The lowest BCUT2D eigenvalue weighted by Gasteiger charge is -2.09. The number of hydrogen-bond donors (Lipinski definition) is 2. The molecule has 0 aliphatic heterocycles. The average Bonchev–Trinajstić information content (AvgIpc) is 3.31. The maximum Gasteiger partial charge on any atom is 0.416 e. The monoisotopic (exact) mass is 487 g/mol. The Kier molecular flexibility index (Phi) is 6.16. The number of para-hydroxylation sites is 1. The van der Waals surface area contributed by atoms with Crippen molar-refractivity contribution in [2.75, 3.05) is 0 Å². The van der Waals surface area contributed by atoms with Crippen molar-refractivity contribution in [1.82, 2.24) is 15.3 Å². The number of rotatable bonds is 6. The Balaban J connectivity index is 1.28. The van der Waals surface area contributed by atoms with E-state index in [1.54, 1.807) is 18.2 Å². The number of fused-ring (bicyclic) bond motifs is 1. The molecule has 0 fully saturated rings. The number of halogens is 3. The van der Waals surface area contributed by atoms with Gasteiger partial charge in [-0.1, -0.05) is 30.3 Å². The summed E-state index contributed by atoms with van der Waals surface area (Å²) in [7, 11) is 0. The van der Waals surface area contributed by atoms with Gasteiger partial charge in [-0.25, -0.2) is 4.98 Å². The van der Waals surface area contributed by atoms with Crippen molar-refractivity contribution in [2.45, 2.75) is 12.7 Å². The maximum atomic E-state index is 12.9. The number of aromatic amines is 1. The summed E-state index contributed by atoms with van der Waals surface area (Å²) in [6.45, 7) is -0.0214. The molecule has 2 N–H and O–H groups in total. The van der Waals surface area contributed by atoms with E-state index in [1.807, 2.05) is 54.6 Å². The molecular formula is C28H20F3N3O2. The van der Waals surface area contributed by atoms with E-state index in [0.29, 0.717) is 33.7 Å². The van der Waals surface area contributed by atoms with Gasteiger partial charge in [-0.3, -0.25) is 4.79 Å². The minimum absolute atomic E-state index is 0.0214. The van der Waals surface area contributed by atoms with Crippen molar-refractivity contribution < 1.29 is 22.7 Å². The van der Waals surface area contributed by atoms with Crippen molar-refractivity contribution in [1.29, 1.82) is 0 Å². The van der Waals surface area contributed by atoms with Crippen LogP contribution in [0.3, 0.4) is 0 Å². The van der Waals surface area contributed by atoms with Crippen LogP contribution in [0.5, 0.6) is 11.5 Å². The van der Waals surface area contributed by atoms with Gasteiger partial charge < -0.3 is 15.0 Å². The van der Waals surface area contributed by atoms with E-state index < -0.39 is 17.6 Å². The third kappa shape index (κ3) is 5.22. The first-order valence-corrected chi connectivity index (χ1v) is 11.1. The molecule has 5 nitrogen and oxygen atoms in total. The molecule has 0 unspecified atom stereocenters. The number of carbonyl (C=O) groups excluding carboxylic acids is 1. The first kappa shape index (κ1) is 23.2. The van der Waals surface area contributed by atoms with Crippen LogP contribution in [0, 0.1) is 0 Å². The van der Waals surface area contributed by atoms with E-state index in [-0.39, 0.29) is 6.54 Å². The lowest BCUT2D eigenvalue weighted by molar-refractivity contribution is -0.137. The number of aromatic nitrogens is 2. The number of nitrogens with one attached hydrogen (secondary N) is 2. The van der Waals surface area contributed by atoms with E-state index in [2.05, 4.69) is 15.3 Å². The summed E-state index contributed by atoms with van der Waals surface area (Å²) in [5.74, 6) is 1.68. The zero-order valence-corrected chi connectivity index (χ0v) is 18.8. The second-order valence-corrected chi connectivity index (χ2v) is 8.14. The lowest BCUT2D eigenvalue weighted by Crippen LogP contribution is -2.23. The van der Waals surface area contributed by atoms with Crippen molar-refractivity contribution in [2.24, 2.45) is 0 Å². The summed E-state index contributed by atoms with van der Waals surface area (Å²) in [6.07, 6.45) is -4.43. The van der Waals surface area contributed by atoms with Gasteiger partial charge in [0, 0.05) is 17.7 Å². The standard InChI is InChI=1S/C28H20F3N3O2/c29-28(30,31)21-6-4-5-18(15-21)17-32-27(35)20-11-14-24-25(16-20)34-26(33-24)19-9-12-23(13-10-19)36-22-7-2-1-3-8-22/h1-16H,17H2,(H,32,35)(H,33,34). The van der Waals surface area contributed by atoms with Crippen molar-refractivity contribution >= 4 is 16.9 Å². The smallest absolute Gasteiger partial charge is 0.416 e. The van der Waals surface area contributed by atoms with Crippen LogP contribution in [-0.4, -0.2) is 15.9 Å². The van der Waals surface area contributed by atoms with Crippen molar-refractivity contribution in [3.8, 4) is 22.9 Å². The third-order valence-corrected chi connectivity index (χ3v) is 5.56. The van der Waals surface area contributed by atoms with Crippen LogP contribution in [0.1, 0.15) is 21.5 Å². The molecule has 1 heterocycles. The number of imidazole rings is 1. The molecule has 0 bridgehead atoms. The normalized spacial score (nSPS) is 11.4. The highest BCUT2D eigenvalue weighted by atomic mass is 19.4. The molecule has 0 aliphatic rings. The van der Waals surface area contributed by atoms with E-state index >= 15 is 0 Å². The second kappa shape index (κ2) is 9.58. The average molecular weight is 487 g/mol. The van der Waals surface area contributed by atoms with Gasteiger partial charge in [0.05, 0.1) is 16.6 Å². The zero-order chi connectivity index (χ0) is 25.1. The Morgan fingerprint density at radius 3 is 2.36 bits per heavy atom. The number of H-pyrrole nitrogens is 1. The molecule has 5 rings (SSSR count). The summed E-state index contributed by atoms with van der Waals surface area (Å²) in [5.41, 5.74) is 2.19. The molecule has 0 saturated carbocycles. The molecule has 0 saturated heterocycles. The molecular weight excluding hydrogens is 467 g/mol. The van der Waals surface area contributed by atoms with Crippen LogP contribution in [0.2, 0.25) is 0 Å². The zero-order valence-electron chi connectivity index (χ0n) is 18.8. The molecule has 1 aromatic heterocycles. The van der Waals surface area contributed by atoms with Crippen molar-refractivity contribution in [3.05, 3.63) is 114 Å². The number of alkyl halides is 3. The summed E-state index contributed by atoms with van der Waals surface area (Å²) in [4.78, 5) is 20.4. The van der Waals surface area contributed by atoms with Crippen LogP contribution in [-0.2, 0) is 12.7 Å². The number of benzene rings is 4. The number of ether oxygens (including phenoxy) is 1. The van der Waals surface area contributed by atoms with Gasteiger partial charge in [0.15, 0.2) is 0 Å². The molecule has 0 radical (unpaired) electrons. The quantitative estimate of drug-likeness (QED) is 0.272. The van der Waals surface area contributed by atoms with Gasteiger partial charge in [0.25, 0.3) is 5.91 Å². The highest BCUT2D eigenvalue weighted by molar-refractivity contribution is 5.97. The van der Waals surface area contributed by atoms with Gasteiger partial charge in [0.2, 0.25) is 0 Å². The third-order valence-electron chi connectivity index (χ3n) is 5.56. The highest BCUT2D eigenvalue weighted by Crippen LogP contribution is 2.30. The molecule has 0 atom stereocenters. The molecule has 0 aliphatic carbocycles. The van der Waals surface area contributed by atoms with Crippen LogP contribution in [0.4, 0.5) is 13.2 Å². The molecule has 5 aromatic rings. The number of nitrogens with zero attached hydrogens (tertiary/aromatic N) is 1. The predicted octanol–water partition coefficient (Wildman–Crippen LogP) is 6.97. The molecule has 4 aromatic carbocycles. The van der Waals surface area contributed by atoms with Crippen LogP contribution < -0.4 is 10.1 Å². The molecule has 36 heavy (non-hydrogen) atoms. The Labute approximate surface area is 204 Å². The van der Waals surface area contributed by atoms with Crippen molar-refractivity contribution in [3.63, 3.8) is 0 Å². The van der Waals surface area contributed by atoms with Gasteiger partial charge in [0.1, 0.15) is 17.3 Å². The van der Waals surface area contributed by atoms with E-state index in [0.717, 1.165) is 23.4 Å². The Morgan fingerprint density at radius 1 is 0.861 bits per heavy atom. The fourth-order valence-corrected chi connectivity index (χ4v) is 3.74. The number of amides is 1. The SMILES string of the molecule is O=C(NCc1cccc(C(F)(F)F)c1)c1ccc2nc(-c3ccc(Oc4ccccc4)cc3)[nH]c2c1. The fraction of sp³-hybridized carbons (Fsp3) is 0.0714. The summed E-state index contributed by atoms with van der Waals surface area (Å²) in [6, 6.07) is 26.9. The van der Waals surface area contributed by atoms with Gasteiger partial charge in [-0.2, -0.15) is 13.2 Å². The minimum atomic E-state index is -4.43. The second-order valence-electron chi connectivity index (χ2n) is 8.14. The van der Waals surface area contributed by atoms with Crippen LogP contribution in [0.15, 0.2) is 97.1 Å². The maximum absolute atomic E-state index is 12.9. The minimum Gasteiger partial charge on any atom is -0.457 e. The van der Waals surface area contributed by atoms with Crippen LogP contribution in [0.25, 0.3) is 22.4 Å². The summed E-state index contributed by atoms with van der Waals surface area (Å²) < 4.78 is 44.5. The summed E-state index contributed by atoms with van der Waals surface area (Å²) in [5, 5.41) is 2.67. The Morgan fingerprint density at radius 2 is 1.61 bits per heavy atom. The Bertz CT molecular complexity index is 1510. The fourth-order valence-electron chi connectivity index (χ4n) is 3.74. The topological polar surface area (TPSA) is 67.0 Å². The first-order chi connectivity index (χ1) is 17.3. The lowest BCUT2D eigenvalue weighted by atomic mass is 10.1. The van der Waals surface area contributed by atoms with Gasteiger partial charge in [-0.15, -0.1) is 0 Å². The predicted molar refractivity (Wildman–Crippen MR) is 131 cm³/mol. The molecule has 1 amide bonds. The molecule has 180 valence electrons. The number of hydrogen-bond acceptors (Lipinski definition) is 3. The van der Waals surface area contributed by atoms with Crippen LogP contribution >= 0.6 is 0 Å². The highest BCUT2D eigenvalue weighted by Gasteiger charge is 2.30. The molecule has 0 spiro atoms. The summed E-state index contributed by atoms with van der Waals surface area (Å²) >= 11 is 0. The van der Waals surface area contributed by atoms with E-state index in [9.17, 15) is 18.0 Å². The Hall–Kier alpha value is -4.59. The molecule has 8 heteroatoms. The van der Waals surface area contributed by atoms with Gasteiger partial charge in [-0.05, 0) is 72.3 Å². The van der Waals surface area contributed by atoms with E-state index in [1.165, 1.54) is 12.1 Å². The van der Waals surface area contributed by atoms with E-state index in [4.69, 9.17) is 4.74 Å². The first-order valence-electron chi connectivity index (χ1n) is 11.1. The number of carbonyl (C=O) groups is 1.